The zero-order valence-corrected chi connectivity index (χ0v) is 15.8. The molecule has 0 unspecified atom stereocenters. The first-order valence-corrected chi connectivity index (χ1v) is 9.76. The van der Waals surface area contributed by atoms with Gasteiger partial charge in [-0.2, -0.15) is 0 Å². The quantitative estimate of drug-likeness (QED) is 0.744. The summed E-state index contributed by atoms with van der Waals surface area (Å²) in [6.45, 7) is 1.75. The van der Waals surface area contributed by atoms with Gasteiger partial charge in [-0.1, -0.05) is 6.07 Å². The van der Waals surface area contributed by atoms with Gasteiger partial charge in [-0.25, -0.2) is 9.37 Å². The molecule has 0 aliphatic carbocycles. The van der Waals surface area contributed by atoms with Crippen LogP contribution in [0.3, 0.4) is 0 Å². The van der Waals surface area contributed by atoms with Crippen molar-refractivity contribution in [1.82, 2.24) is 9.55 Å². The van der Waals surface area contributed by atoms with Crippen LogP contribution in [0, 0.1) is 5.82 Å². The monoisotopic (exact) mass is 388 g/mol. The molecule has 1 fully saturated rings. The second-order valence-electron chi connectivity index (χ2n) is 6.73. The fourth-order valence-electron chi connectivity index (χ4n) is 3.41. The fourth-order valence-corrected chi connectivity index (χ4v) is 4.18. The van der Waals surface area contributed by atoms with E-state index >= 15 is 0 Å². The fraction of sp³-hybridized carbons (Fsp3) is 0.368. The van der Waals surface area contributed by atoms with E-state index in [-0.39, 0.29) is 23.9 Å². The summed E-state index contributed by atoms with van der Waals surface area (Å²) in [5, 5.41) is 1.87. The van der Waals surface area contributed by atoms with Crippen LogP contribution in [0.15, 0.2) is 34.4 Å². The second kappa shape index (κ2) is 7.28. The molecule has 1 aromatic carbocycles. The van der Waals surface area contributed by atoms with Gasteiger partial charge in [0.25, 0.3) is 5.56 Å². The molecule has 2 aromatic heterocycles. The van der Waals surface area contributed by atoms with E-state index in [2.05, 4.69) is 4.90 Å². The molecule has 4 rings (SSSR count). The lowest BCUT2D eigenvalue weighted by molar-refractivity contribution is 0.386. The van der Waals surface area contributed by atoms with E-state index in [1.165, 1.54) is 24.5 Å². The van der Waals surface area contributed by atoms with Gasteiger partial charge in [0.2, 0.25) is 5.95 Å². The van der Waals surface area contributed by atoms with Gasteiger partial charge in [-0.3, -0.25) is 9.36 Å². The minimum Gasteiger partial charge on any atom is -0.494 e. The molecule has 27 heavy (non-hydrogen) atoms. The molecule has 0 spiro atoms. The van der Waals surface area contributed by atoms with Crippen molar-refractivity contribution in [3.63, 3.8) is 0 Å². The molecule has 6 nitrogen and oxygen atoms in total. The Kier molecular flexibility index (Phi) is 4.84. The van der Waals surface area contributed by atoms with E-state index in [1.54, 1.807) is 16.7 Å². The molecule has 8 heteroatoms. The van der Waals surface area contributed by atoms with Gasteiger partial charge >= 0.3 is 0 Å². The topological polar surface area (TPSA) is 73.4 Å². The summed E-state index contributed by atoms with van der Waals surface area (Å²) in [5.41, 5.74) is 7.30. The third-order valence-electron chi connectivity index (χ3n) is 4.93. The third kappa shape index (κ3) is 3.42. The predicted octanol–water partition coefficient (Wildman–Crippen LogP) is 2.58. The molecule has 1 aliphatic rings. The number of aromatic nitrogens is 2. The largest absolute Gasteiger partial charge is 0.494 e. The standard InChI is InChI=1S/C19H21FN4O2S/c1-26-16-3-2-12(10-14(16)20)11-24-18(25)17-15(6-9-27-17)22-19(24)23-7-4-13(21)5-8-23/h2-3,6,9-10,13H,4-5,7-8,11,21H2,1H3. The van der Waals surface area contributed by atoms with Crippen LogP contribution < -0.4 is 20.9 Å². The highest BCUT2D eigenvalue weighted by atomic mass is 32.1. The third-order valence-corrected chi connectivity index (χ3v) is 5.82. The molecular weight excluding hydrogens is 367 g/mol. The van der Waals surface area contributed by atoms with Crippen molar-refractivity contribution in [1.29, 1.82) is 0 Å². The van der Waals surface area contributed by atoms with Crippen LogP contribution in [0.25, 0.3) is 10.2 Å². The summed E-state index contributed by atoms with van der Waals surface area (Å²) in [6.07, 6.45) is 1.71. The molecule has 0 saturated carbocycles. The number of hydrogen-bond donors (Lipinski definition) is 1. The zero-order valence-electron chi connectivity index (χ0n) is 15.0. The molecule has 0 amide bonds. The summed E-state index contributed by atoms with van der Waals surface area (Å²) in [6, 6.07) is 6.79. The average Bonchev–Trinajstić information content (AvgIpc) is 3.14. The van der Waals surface area contributed by atoms with Crippen molar-refractivity contribution in [3.05, 3.63) is 51.4 Å². The van der Waals surface area contributed by atoms with Gasteiger partial charge in [0.15, 0.2) is 11.6 Å². The molecule has 1 saturated heterocycles. The maximum absolute atomic E-state index is 14.1. The van der Waals surface area contributed by atoms with E-state index in [1.807, 2.05) is 11.4 Å². The minimum absolute atomic E-state index is 0.101. The Morgan fingerprint density at radius 3 is 2.81 bits per heavy atom. The highest BCUT2D eigenvalue weighted by Crippen LogP contribution is 2.24. The molecule has 0 atom stereocenters. The van der Waals surface area contributed by atoms with Crippen LogP contribution in [0.2, 0.25) is 0 Å². The molecule has 0 radical (unpaired) electrons. The van der Waals surface area contributed by atoms with Gasteiger partial charge in [0.1, 0.15) is 4.70 Å². The molecular formula is C19H21FN4O2S. The number of piperidine rings is 1. The number of halogens is 1. The Balaban J connectivity index is 1.78. The average molecular weight is 388 g/mol. The van der Waals surface area contributed by atoms with Gasteiger partial charge < -0.3 is 15.4 Å². The van der Waals surface area contributed by atoms with Crippen LogP contribution >= 0.6 is 11.3 Å². The first-order chi connectivity index (χ1) is 13.1. The van der Waals surface area contributed by atoms with Crippen LogP contribution in [0.4, 0.5) is 10.3 Å². The highest BCUT2D eigenvalue weighted by Gasteiger charge is 2.22. The van der Waals surface area contributed by atoms with Gasteiger partial charge in [0.05, 0.1) is 19.2 Å². The highest BCUT2D eigenvalue weighted by molar-refractivity contribution is 7.17. The number of hydrogen-bond acceptors (Lipinski definition) is 6. The van der Waals surface area contributed by atoms with E-state index in [9.17, 15) is 9.18 Å². The number of methoxy groups -OCH3 is 1. The van der Waals surface area contributed by atoms with Gasteiger partial charge in [0, 0.05) is 19.1 Å². The number of rotatable bonds is 4. The van der Waals surface area contributed by atoms with E-state index in [4.69, 9.17) is 15.5 Å². The maximum atomic E-state index is 14.1. The molecule has 1 aliphatic heterocycles. The summed E-state index contributed by atoms with van der Waals surface area (Å²) >= 11 is 1.38. The number of ether oxygens (including phenoxy) is 1. The molecule has 142 valence electrons. The number of nitrogens with zero attached hydrogens (tertiary/aromatic N) is 3. The first-order valence-electron chi connectivity index (χ1n) is 8.88. The van der Waals surface area contributed by atoms with E-state index in [0.29, 0.717) is 21.7 Å². The predicted molar refractivity (Wildman–Crippen MR) is 105 cm³/mol. The Hall–Kier alpha value is -2.45. The molecule has 0 bridgehead atoms. The number of thiophene rings is 1. The van der Waals surface area contributed by atoms with Crippen molar-refractivity contribution in [3.8, 4) is 5.75 Å². The lowest BCUT2D eigenvalue weighted by Crippen LogP contribution is -2.42. The summed E-state index contributed by atoms with van der Waals surface area (Å²) in [4.78, 5) is 19.9. The number of fused-ring (bicyclic) bond motifs is 1. The molecule has 3 heterocycles. The maximum Gasteiger partial charge on any atom is 0.273 e. The number of anilines is 1. The number of benzene rings is 1. The Bertz CT molecular complexity index is 1020. The van der Waals surface area contributed by atoms with Crippen molar-refractivity contribution < 1.29 is 9.13 Å². The number of nitrogens with two attached hydrogens (primary N) is 1. The first kappa shape index (κ1) is 17.9. The Morgan fingerprint density at radius 2 is 2.11 bits per heavy atom. The van der Waals surface area contributed by atoms with E-state index < -0.39 is 5.82 Å². The van der Waals surface area contributed by atoms with Crippen LogP contribution in [0.5, 0.6) is 5.75 Å². The summed E-state index contributed by atoms with van der Waals surface area (Å²) in [7, 11) is 1.43. The Labute approximate surface area is 160 Å². The van der Waals surface area contributed by atoms with Crippen molar-refractivity contribution in [2.75, 3.05) is 25.1 Å². The van der Waals surface area contributed by atoms with E-state index in [0.717, 1.165) is 25.9 Å². The van der Waals surface area contributed by atoms with Crippen LogP contribution in [-0.2, 0) is 6.54 Å². The SMILES string of the molecule is COc1ccc(Cn2c(N3CCC(N)CC3)nc3ccsc3c2=O)cc1F. The lowest BCUT2D eigenvalue weighted by atomic mass is 10.1. The smallest absolute Gasteiger partial charge is 0.273 e. The molecule has 3 aromatic rings. The summed E-state index contributed by atoms with van der Waals surface area (Å²) in [5.74, 6) is 0.357. The van der Waals surface area contributed by atoms with Gasteiger partial charge in [-0.05, 0) is 42.0 Å². The minimum atomic E-state index is -0.446. The van der Waals surface area contributed by atoms with Gasteiger partial charge in [-0.15, -0.1) is 11.3 Å². The lowest BCUT2D eigenvalue weighted by Gasteiger charge is -2.32. The van der Waals surface area contributed by atoms with Crippen LogP contribution in [-0.4, -0.2) is 35.8 Å². The normalized spacial score (nSPS) is 15.4. The second-order valence-corrected chi connectivity index (χ2v) is 7.65. The Morgan fingerprint density at radius 1 is 1.33 bits per heavy atom. The summed E-state index contributed by atoms with van der Waals surface area (Å²) < 4.78 is 21.3. The molecule has 2 N–H and O–H groups in total. The van der Waals surface area contributed by atoms with Crippen LogP contribution in [0.1, 0.15) is 18.4 Å². The zero-order chi connectivity index (χ0) is 19.0. The van der Waals surface area contributed by atoms with Crippen molar-refractivity contribution in [2.24, 2.45) is 5.73 Å². The van der Waals surface area contributed by atoms with Crippen molar-refractivity contribution in [2.45, 2.75) is 25.4 Å². The van der Waals surface area contributed by atoms with Crippen molar-refractivity contribution >= 4 is 27.5 Å².